The molecule has 0 aliphatic heterocycles. The largest absolute Gasteiger partial charge is 0.361 e. The second kappa shape index (κ2) is 9.92. The lowest BCUT2D eigenvalue weighted by molar-refractivity contribution is 0.392. The highest BCUT2D eigenvalue weighted by molar-refractivity contribution is 14.0. The molecule has 128 valence electrons. The maximum absolute atomic E-state index is 5.18. The molecule has 2 N–H and O–H groups in total. The van der Waals surface area contributed by atoms with Crippen molar-refractivity contribution in [3.8, 4) is 0 Å². The van der Waals surface area contributed by atoms with Crippen LogP contribution >= 0.6 is 35.3 Å². The molecule has 0 saturated carbocycles. The predicted octanol–water partition coefficient (Wildman–Crippen LogP) is 3.44. The fourth-order valence-electron chi connectivity index (χ4n) is 2.26. The Hall–Kier alpha value is -1.09. The van der Waals surface area contributed by atoms with Gasteiger partial charge in [0.25, 0.3) is 0 Å². The van der Waals surface area contributed by atoms with E-state index in [1.807, 2.05) is 25.2 Å². The van der Waals surface area contributed by atoms with Gasteiger partial charge in [0.2, 0.25) is 0 Å². The first-order valence-electron chi connectivity index (χ1n) is 7.57. The van der Waals surface area contributed by atoms with E-state index in [1.165, 1.54) is 15.3 Å². The van der Waals surface area contributed by atoms with Crippen molar-refractivity contribution in [2.45, 2.75) is 40.2 Å². The molecule has 0 aliphatic rings. The van der Waals surface area contributed by atoms with Gasteiger partial charge in [-0.1, -0.05) is 12.1 Å². The fraction of sp³-hybridized carbons (Fsp3) is 0.500. The summed E-state index contributed by atoms with van der Waals surface area (Å²) < 4.78 is 5.18. The number of nitrogens with zero attached hydrogens (tertiary/aromatic N) is 2. The molecule has 2 aromatic heterocycles. The Balaban J connectivity index is 0.00000264. The molecule has 5 nitrogen and oxygen atoms in total. The molecule has 0 fully saturated rings. The van der Waals surface area contributed by atoms with Crippen LogP contribution in [0.15, 0.2) is 21.6 Å². The molecular formula is C16H25IN4OS. The number of hydrogen-bond acceptors (Lipinski definition) is 4. The van der Waals surface area contributed by atoms with Crippen LogP contribution in [0, 0.1) is 13.8 Å². The summed E-state index contributed by atoms with van der Waals surface area (Å²) in [5.74, 6) is 1.71. The highest BCUT2D eigenvalue weighted by atomic mass is 127. The van der Waals surface area contributed by atoms with E-state index in [2.05, 4.69) is 39.8 Å². The molecule has 2 aromatic rings. The van der Waals surface area contributed by atoms with Crippen LogP contribution < -0.4 is 10.6 Å². The van der Waals surface area contributed by atoms with Crippen LogP contribution in [0.4, 0.5) is 0 Å². The van der Waals surface area contributed by atoms with E-state index < -0.39 is 0 Å². The molecule has 23 heavy (non-hydrogen) atoms. The molecule has 0 aromatic carbocycles. The zero-order chi connectivity index (χ0) is 15.9. The molecule has 0 unspecified atom stereocenters. The molecule has 0 radical (unpaired) electrons. The first kappa shape index (κ1) is 20.0. The van der Waals surface area contributed by atoms with Gasteiger partial charge in [-0.25, -0.2) is 0 Å². The number of thiophene rings is 1. The molecular weight excluding hydrogens is 423 g/mol. The van der Waals surface area contributed by atoms with Crippen molar-refractivity contribution in [2.75, 3.05) is 13.6 Å². The van der Waals surface area contributed by atoms with Crippen molar-refractivity contribution in [2.24, 2.45) is 4.99 Å². The van der Waals surface area contributed by atoms with Crippen LogP contribution in [0.3, 0.4) is 0 Å². The Bertz CT molecular complexity index is 616. The van der Waals surface area contributed by atoms with E-state index in [0.717, 1.165) is 43.3 Å². The number of hydrogen-bond donors (Lipinski definition) is 2. The van der Waals surface area contributed by atoms with Crippen LogP contribution in [-0.2, 0) is 19.4 Å². The number of aromatic nitrogens is 1. The quantitative estimate of drug-likeness (QED) is 0.404. The highest BCUT2D eigenvalue weighted by Crippen LogP contribution is 2.16. The highest BCUT2D eigenvalue weighted by Gasteiger charge is 2.08. The summed E-state index contributed by atoms with van der Waals surface area (Å²) in [5, 5.41) is 10.6. The number of aryl methyl sites for hydroxylation is 3. The van der Waals surface area contributed by atoms with Gasteiger partial charge in [-0.05, 0) is 38.8 Å². The summed E-state index contributed by atoms with van der Waals surface area (Å²) in [6.45, 7) is 7.70. The molecule has 0 spiro atoms. The first-order valence-corrected chi connectivity index (χ1v) is 8.39. The Morgan fingerprint density at radius 3 is 2.57 bits per heavy atom. The Morgan fingerprint density at radius 2 is 2.00 bits per heavy atom. The van der Waals surface area contributed by atoms with Crippen molar-refractivity contribution in [1.29, 1.82) is 0 Å². The van der Waals surface area contributed by atoms with Gasteiger partial charge in [-0.3, -0.25) is 4.99 Å². The molecule has 0 atom stereocenters. The van der Waals surface area contributed by atoms with Gasteiger partial charge in [-0.2, -0.15) is 0 Å². The monoisotopic (exact) mass is 448 g/mol. The summed E-state index contributed by atoms with van der Waals surface area (Å²) in [6, 6.07) is 4.36. The summed E-state index contributed by atoms with van der Waals surface area (Å²) in [4.78, 5) is 6.99. The third kappa shape index (κ3) is 5.80. The second-order valence-electron chi connectivity index (χ2n) is 5.13. The van der Waals surface area contributed by atoms with E-state index in [4.69, 9.17) is 4.52 Å². The average molecular weight is 448 g/mol. The number of guanidine groups is 1. The van der Waals surface area contributed by atoms with Gasteiger partial charge in [-0.15, -0.1) is 35.3 Å². The summed E-state index contributed by atoms with van der Waals surface area (Å²) in [6.07, 6.45) is 1.97. The van der Waals surface area contributed by atoms with Gasteiger partial charge in [0.15, 0.2) is 5.96 Å². The van der Waals surface area contributed by atoms with E-state index in [9.17, 15) is 0 Å². The SMILES string of the molecule is CCc1ccc(CNC(=NC)NCCc2c(C)noc2C)s1.I. The Labute approximate surface area is 159 Å². The third-order valence-corrected chi connectivity index (χ3v) is 4.80. The molecule has 0 amide bonds. The van der Waals surface area contributed by atoms with E-state index in [-0.39, 0.29) is 24.0 Å². The zero-order valence-electron chi connectivity index (χ0n) is 14.1. The van der Waals surface area contributed by atoms with Crippen LogP contribution in [0.5, 0.6) is 0 Å². The second-order valence-corrected chi connectivity index (χ2v) is 6.38. The summed E-state index contributed by atoms with van der Waals surface area (Å²) in [7, 11) is 1.79. The minimum atomic E-state index is 0. The normalized spacial score (nSPS) is 11.2. The molecule has 0 aliphatic carbocycles. The predicted molar refractivity (Wildman–Crippen MR) is 107 cm³/mol. The molecule has 7 heteroatoms. The molecule has 0 bridgehead atoms. The standard InChI is InChI=1S/C16H24N4OS.HI/c1-5-13-6-7-14(22-13)10-19-16(17-4)18-9-8-15-11(2)20-21-12(15)3;/h6-7H,5,8-10H2,1-4H3,(H2,17,18,19);1H. The molecule has 2 rings (SSSR count). The summed E-state index contributed by atoms with van der Waals surface area (Å²) >= 11 is 1.85. The topological polar surface area (TPSA) is 62.5 Å². The Kier molecular flexibility index (Phi) is 8.60. The number of halogens is 1. The van der Waals surface area contributed by atoms with Gasteiger partial charge < -0.3 is 15.2 Å². The maximum atomic E-state index is 5.18. The Morgan fingerprint density at radius 1 is 1.26 bits per heavy atom. The fourth-order valence-corrected chi connectivity index (χ4v) is 3.16. The van der Waals surface area contributed by atoms with Gasteiger partial charge >= 0.3 is 0 Å². The van der Waals surface area contributed by atoms with Gasteiger partial charge in [0, 0.05) is 28.9 Å². The van der Waals surface area contributed by atoms with Crippen LogP contribution in [0.25, 0.3) is 0 Å². The lowest BCUT2D eigenvalue weighted by Crippen LogP contribution is -2.37. The molecule has 2 heterocycles. The number of nitrogens with one attached hydrogen (secondary N) is 2. The van der Waals surface area contributed by atoms with E-state index >= 15 is 0 Å². The first-order chi connectivity index (χ1) is 10.6. The van der Waals surface area contributed by atoms with Crippen molar-refractivity contribution >= 4 is 41.3 Å². The molecule has 0 saturated heterocycles. The van der Waals surface area contributed by atoms with Crippen molar-refractivity contribution in [3.63, 3.8) is 0 Å². The zero-order valence-corrected chi connectivity index (χ0v) is 17.2. The van der Waals surface area contributed by atoms with Crippen LogP contribution in [0.2, 0.25) is 0 Å². The number of aliphatic imine (C=N–C) groups is 1. The van der Waals surface area contributed by atoms with Crippen LogP contribution in [0.1, 0.15) is 33.7 Å². The van der Waals surface area contributed by atoms with Gasteiger partial charge in [0.1, 0.15) is 5.76 Å². The minimum Gasteiger partial charge on any atom is -0.361 e. The average Bonchev–Trinajstić information content (AvgIpc) is 3.11. The van der Waals surface area contributed by atoms with Crippen LogP contribution in [-0.4, -0.2) is 24.7 Å². The van der Waals surface area contributed by atoms with E-state index in [1.54, 1.807) is 7.05 Å². The van der Waals surface area contributed by atoms with Crippen molar-refractivity contribution in [3.05, 3.63) is 38.9 Å². The van der Waals surface area contributed by atoms with Crippen molar-refractivity contribution < 1.29 is 4.52 Å². The lowest BCUT2D eigenvalue weighted by atomic mass is 10.1. The maximum Gasteiger partial charge on any atom is 0.191 e. The van der Waals surface area contributed by atoms with Gasteiger partial charge in [0.05, 0.1) is 12.2 Å². The lowest BCUT2D eigenvalue weighted by Gasteiger charge is -2.11. The van der Waals surface area contributed by atoms with E-state index in [0.29, 0.717) is 0 Å². The third-order valence-electron chi connectivity index (χ3n) is 3.57. The van der Waals surface area contributed by atoms with Crippen molar-refractivity contribution in [1.82, 2.24) is 15.8 Å². The number of rotatable bonds is 6. The minimum absolute atomic E-state index is 0. The summed E-state index contributed by atoms with van der Waals surface area (Å²) in [5.41, 5.74) is 2.14. The smallest absolute Gasteiger partial charge is 0.191 e.